The number of halogens is 4. The summed E-state index contributed by atoms with van der Waals surface area (Å²) in [6.07, 6.45) is -4.47. The highest BCUT2D eigenvalue weighted by Gasteiger charge is 2.36. The molecule has 0 unspecified atom stereocenters. The zero-order valence-electron chi connectivity index (χ0n) is 7.15. The molecule has 1 nitrogen and oxygen atoms in total. The highest BCUT2D eigenvalue weighted by molar-refractivity contribution is 14.1. The monoisotopic (exact) mass is 314 g/mol. The Labute approximate surface area is 92.4 Å². The van der Waals surface area contributed by atoms with Gasteiger partial charge in [-0.1, -0.05) is 12.1 Å². The summed E-state index contributed by atoms with van der Waals surface area (Å²) in [4.78, 5) is 11.0. The molecule has 1 rings (SSSR count). The zero-order chi connectivity index (χ0) is 10.9. The number of carbonyl (C=O) groups is 1. The first-order valence-corrected chi connectivity index (χ1v) is 4.78. The minimum Gasteiger partial charge on any atom is -0.294 e. The van der Waals surface area contributed by atoms with Gasteiger partial charge >= 0.3 is 6.18 Å². The number of rotatable bonds is 1. The Bertz CT molecular complexity index is 371. The van der Waals surface area contributed by atoms with Crippen molar-refractivity contribution in [3.8, 4) is 0 Å². The van der Waals surface area contributed by atoms with Crippen molar-refractivity contribution < 1.29 is 18.0 Å². The lowest BCUT2D eigenvalue weighted by Gasteiger charge is -2.12. The van der Waals surface area contributed by atoms with Gasteiger partial charge in [0.2, 0.25) is 0 Å². The minimum absolute atomic E-state index is 0.0443. The Morgan fingerprint density at radius 3 is 2.29 bits per heavy atom. The van der Waals surface area contributed by atoms with Gasteiger partial charge < -0.3 is 0 Å². The Morgan fingerprint density at radius 2 is 1.93 bits per heavy atom. The van der Waals surface area contributed by atoms with Crippen molar-refractivity contribution in [2.75, 3.05) is 0 Å². The first kappa shape index (κ1) is 11.5. The largest absolute Gasteiger partial charge is 0.418 e. The van der Waals surface area contributed by atoms with E-state index in [2.05, 4.69) is 0 Å². The van der Waals surface area contributed by atoms with E-state index in [0.717, 1.165) is 6.92 Å². The molecule has 0 aliphatic heterocycles. The summed E-state index contributed by atoms with van der Waals surface area (Å²) in [6.45, 7) is 1.13. The molecule has 0 aromatic heterocycles. The van der Waals surface area contributed by atoms with Gasteiger partial charge in [0.25, 0.3) is 0 Å². The molecule has 5 heteroatoms. The summed E-state index contributed by atoms with van der Waals surface area (Å²) in [7, 11) is 0. The number of hydrogen-bond acceptors (Lipinski definition) is 1. The van der Waals surface area contributed by atoms with Crippen molar-refractivity contribution in [2.24, 2.45) is 0 Å². The molecule has 76 valence electrons. The molecule has 0 spiro atoms. The fourth-order valence-corrected chi connectivity index (χ4v) is 1.91. The number of hydrogen-bond donors (Lipinski definition) is 0. The summed E-state index contributed by atoms with van der Waals surface area (Å²) in [5.41, 5.74) is -1.11. The van der Waals surface area contributed by atoms with E-state index in [1.54, 1.807) is 22.6 Å². The molecule has 0 atom stereocenters. The van der Waals surface area contributed by atoms with Gasteiger partial charge in [-0.15, -0.1) is 0 Å². The summed E-state index contributed by atoms with van der Waals surface area (Å²) in [6, 6.07) is 3.96. The van der Waals surface area contributed by atoms with Crippen LogP contribution < -0.4 is 0 Å². The standard InChI is InChI=1S/C9H6F3IO/c1-5(14)6-3-2-4-7(13)8(6)9(10,11)12/h2-4H,1H3. The predicted molar refractivity (Wildman–Crippen MR) is 54.2 cm³/mol. The van der Waals surface area contributed by atoms with Crippen LogP contribution in [0.1, 0.15) is 22.8 Å². The second-order valence-electron chi connectivity index (χ2n) is 2.72. The smallest absolute Gasteiger partial charge is 0.294 e. The molecule has 0 aliphatic carbocycles. The third kappa shape index (κ3) is 2.26. The molecule has 0 N–H and O–H groups in total. The SMILES string of the molecule is CC(=O)c1cccc(I)c1C(F)(F)F. The molecule has 1 aromatic rings. The van der Waals surface area contributed by atoms with Crippen molar-refractivity contribution in [3.63, 3.8) is 0 Å². The number of Topliss-reactive ketones (excluding diaryl/α,β-unsaturated/α-hetero) is 1. The van der Waals surface area contributed by atoms with Crippen LogP contribution in [0, 0.1) is 3.57 Å². The van der Waals surface area contributed by atoms with Crippen molar-refractivity contribution in [3.05, 3.63) is 32.9 Å². The molecule has 0 saturated carbocycles. The topological polar surface area (TPSA) is 17.1 Å². The summed E-state index contributed by atoms with van der Waals surface area (Å²) in [5.74, 6) is -0.573. The fourth-order valence-electron chi connectivity index (χ4n) is 1.11. The molecular weight excluding hydrogens is 308 g/mol. The molecular formula is C9H6F3IO. The van der Waals surface area contributed by atoms with Gasteiger partial charge in [-0.2, -0.15) is 13.2 Å². The molecule has 0 aliphatic rings. The van der Waals surface area contributed by atoms with Crippen molar-refractivity contribution in [2.45, 2.75) is 13.1 Å². The highest BCUT2D eigenvalue weighted by Crippen LogP contribution is 2.35. The van der Waals surface area contributed by atoms with Gasteiger partial charge in [-0.05, 0) is 35.6 Å². The van der Waals surface area contributed by atoms with Gasteiger partial charge in [0.1, 0.15) is 0 Å². The van der Waals surface area contributed by atoms with E-state index in [0.29, 0.717) is 0 Å². The lowest BCUT2D eigenvalue weighted by atomic mass is 10.0. The average molecular weight is 314 g/mol. The Hall–Kier alpha value is -0.590. The molecule has 1 aromatic carbocycles. The van der Waals surface area contributed by atoms with E-state index in [1.807, 2.05) is 0 Å². The maximum absolute atomic E-state index is 12.5. The van der Waals surface area contributed by atoms with Crippen LogP contribution in [0.15, 0.2) is 18.2 Å². The predicted octanol–water partition coefficient (Wildman–Crippen LogP) is 3.51. The normalized spacial score (nSPS) is 11.5. The first-order chi connectivity index (χ1) is 6.34. The fraction of sp³-hybridized carbons (Fsp3) is 0.222. The van der Waals surface area contributed by atoms with E-state index in [4.69, 9.17) is 0 Å². The Balaban J connectivity index is 3.45. The van der Waals surface area contributed by atoms with Crippen LogP contribution in [-0.2, 0) is 6.18 Å². The molecule has 0 bridgehead atoms. The van der Waals surface area contributed by atoms with E-state index in [-0.39, 0.29) is 9.13 Å². The van der Waals surface area contributed by atoms with Gasteiger partial charge in [-0.3, -0.25) is 4.79 Å². The zero-order valence-corrected chi connectivity index (χ0v) is 9.31. The average Bonchev–Trinajstić information content (AvgIpc) is 2.01. The molecule has 0 amide bonds. The number of carbonyl (C=O) groups excluding carboxylic acids is 1. The Kier molecular flexibility index (Phi) is 3.18. The number of alkyl halides is 3. The third-order valence-electron chi connectivity index (χ3n) is 1.68. The van der Waals surface area contributed by atoms with Gasteiger partial charge in [-0.25, -0.2) is 0 Å². The quantitative estimate of drug-likeness (QED) is 0.573. The van der Waals surface area contributed by atoms with Crippen LogP contribution in [0.3, 0.4) is 0 Å². The molecule has 0 heterocycles. The van der Waals surface area contributed by atoms with Crippen LogP contribution in [0.25, 0.3) is 0 Å². The second kappa shape index (κ2) is 3.88. The van der Waals surface area contributed by atoms with Crippen LogP contribution in [0.4, 0.5) is 13.2 Å². The number of ketones is 1. The van der Waals surface area contributed by atoms with Crippen molar-refractivity contribution >= 4 is 28.4 Å². The minimum atomic E-state index is -4.47. The molecule has 14 heavy (non-hydrogen) atoms. The Morgan fingerprint density at radius 1 is 1.36 bits per heavy atom. The lowest BCUT2D eigenvalue weighted by Crippen LogP contribution is -2.13. The maximum atomic E-state index is 12.5. The van der Waals surface area contributed by atoms with E-state index in [9.17, 15) is 18.0 Å². The maximum Gasteiger partial charge on any atom is 0.418 e. The van der Waals surface area contributed by atoms with Gasteiger partial charge in [0.15, 0.2) is 5.78 Å². The van der Waals surface area contributed by atoms with Crippen molar-refractivity contribution in [1.82, 2.24) is 0 Å². The van der Waals surface area contributed by atoms with Gasteiger partial charge in [0, 0.05) is 9.13 Å². The summed E-state index contributed by atoms with van der Waals surface area (Å²) >= 11 is 1.57. The van der Waals surface area contributed by atoms with Crippen LogP contribution in [-0.4, -0.2) is 5.78 Å². The van der Waals surface area contributed by atoms with Crippen LogP contribution >= 0.6 is 22.6 Å². The van der Waals surface area contributed by atoms with Crippen LogP contribution in [0.5, 0.6) is 0 Å². The third-order valence-corrected chi connectivity index (χ3v) is 2.58. The first-order valence-electron chi connectivity index (χ1n) is 3.70. The summed E-state index contributed by atoms with van der Waals surface area (Å²) < 4.78 is 37.6. The van der Waals surface area contributed by atoms with E-state index < -0.39 is 17.5 Å². The van der Waals surface area contributed by atoms with E-state index >= 15 is 0 Å². The van der Waals surface area contributed by atoms with Gasteiger partial charge in [0.05, 0.1) is 5.56 Å². The van der Waals surface area contributed by atoms with Crippen molar-refractivity contribution in [1.29, 1.82) is 0 Å². The molecule has 0 saturated heterocycles. The second-order valence-corrected chi connectivity index (χ2v) is 3.88. The highest BCUT2D eigenvalue weighted by atomic mass is 127. The number of benzene rings is 1. The van der Waals surface area contributed by atoms with Crippen LogP contribution in [0.2, 0.25) is 0 Å². The summed E-state index contributed by atoms with van der Waals surface area (Å²) in [5, 5.41) is 0. The molecule has 0 fully saturated rings. The van der Waals surface area contributed by atoms with E-state index in [1.165, 1.54) is 18.2 Å². The lowest BCUT2D eigenvalue weighted by molar-refractivity contribution is -0.138. The molecule has 0 radical (unpaired) electrons.